The molecule has 1 saturated carbocycles. The van der Waals surface area contributed by atoms with E-state index in [1.807, 2.05) is 54.6 Å². The van der Waals surface area contributed by atoms with E-state index < -0.39 is 5.97 Å². The molecule has 0 aliphatic heterocycles. The normalized spacial score (nSPS) is 13.5. The maximum atomic E-state index is 13.9. The van der Waals surface area contributed by atoms with Crippen LogP contribution in [0.25, 0.3) is 0 Å². The second-order valence-corrected chi connectivity index (χ2v) is 14.8. The third-order valence-electron chi connectivity index (χ3n) is 9.81. The number of hydrogen-bond acceptors (Lipinski definition) is 9. The summed E-state index contributed by atoms with van der Waals surface area (Å²) < 4.78 is 9.34. The van der Waals surface area contributed by atoms with Gasteiger partial charge >= 0.3 is 11.9 Å². The van der Waals surface area contributed by atoms with Crippen molar-refractivity contribution in [2.45, 2.75) is 70.4 Å². The summed E-state index contributed by atoms with van der Waals surface area (Å²) in [5.74, 6) is -1.81. The number of amides is 3. The van der Waals surface area contributed by atoms with E-state index >= 15 is 0 Å². The summed E-state index contributed by atoms with van der Waals surface area (Å²) in [6, 6.07) is 23.1. The number of nitrogens with zero attached hydrogens (tertiary/aromatic N) is 1. The molecule has 11 nitrogen and oxygen atoms in total. The van der Waals surface area contributed by atoms with Crippen molar-refractivity contribution < 1.29 is 33.4 Å². The Morgan fingerprint density at radius 1 is 0.778 bits per heavy atom. The van der Waals surface area contributed by atoms with E-state index in [1.165, 1.54) is 25.6 Å². The maximum absolute atomic E-state index is 13.9. The number of rotatable bonds is 16. The van der Waals surface area contributed by atoms with Crippen LogP contribution in [-0.4, -0.2) is 67.9 Å². The SMILES string of the molecule is COC(=O)CC(=O)NCCN(Cc1cccc(C(=O)Nc2sc3c(c2C(=O)Nc2ccc(CCc4ccc(C(=O)OC)cc4)cc2)CCCC3)c1)C1CC1. The van der Waals surface area contributed by atoms with Gasteiger partial charge in [-0.1, -0.05) is 36.4 Å². The minimum Gasteiger partial charge on any atom is -0.469 e. The Labute approximate surface area is 319 Å². The number of thiophene rings is 1. The maximum Gasteiger partial charge on any atom is 0.337 e. The number of anilines is 2. The highest BCUT2D eigenvalue weighted by atomic mass is 32.1. The highest BCUT2D eigenvalue weighted by Gasteiger charge is 2.30. The standard InChI is InChI=1S/C42H46N4O7S/c1-52-37(48)25-36(47)43-22-23-46(33-20-21-33)26-29-6-5-7-31(24-29)39(49)45-41-38(34-8-3-4-9-35(34)54-41)40(50)44-32-18-14-28(15-19-32)11-10-27-12-16-30(17-13-27)42(51)53-2/h5-7,12-19,24,33H,3-4,8-11,20-23,25-26H2,1-2H3,(H,43,47)(H,44,50)(H,45,49). The van der Waals surface area contributed by atoms with E-state index in [2.05, 4.69) is 25.6 Å². The number of nitrogens with one attached hydrogen (secondary N) is 3. The first kappa shape index (κ1) is 38.4. The van der Waals surface area contributed by atoms with E-state index in [0.29, 0.717) is 53.1 Å². The molecule has 282 valence electrons. The summed E-state index contributed by atoms with van der Waals surface area (Å²) in [4.78, 5) is 66.1. The molecule has 2 aliphatic rings. The molecule has 3 amide bonds. The molecular formula is C42H46N4O7S. The molecule has 2 aliphatic carbocycles. The Kier molecular flexibility index (Phi) is 12.9. The lowest BCUT2D eigenvalue weighted by Gasteiger charge is -2.22. The van der Waals surface area contributed by atoms with Gasteiger partial charge in [-0.3, -0.25) is 24.1 Å². The summed E-state index contributed by atoms with van der Waals surface area (Å²) in [6.45, 7) is 1.63. The highest BCUT2D eigenvalue weighted by Crippen LogP contribution is 2.39. The number of fused-ring (bicyclic) bond motifs is 1. The average Bonchev–Trinajstić information content (AvgIpc) is 3.97. The third-order valence-corrected chi connectivity index (χ3v) is 11.0. The molecule has 0 bridgehead atoms. The Morgan fingerprint density at radius 2 is 1.48 bits per heavy atom. The van der Waals surface area contributed by atoms with Crippen LogP contribution in [0, 0.1) is 0 Å². The van der Waals surface area contributed by atoms with Crippen molar-refractivity contribution in [1.29, 1.82) is 0 Å². The first-order valence-electron chi connectivity index (χ1n) is 18.4. The predicted molar refractivity (Wildman–Crippen MR) is 208 cm³/mol. The van der Waals surface area contributed by atoms with Crippen LogP contribution in [0.1, 0.15) is 90.3 Å². The van der Waals surface area contributed by atoms with Crippen LogP contribution in [0.4, 0.5) is 10.7 Å². The van der Waals surface area contributed by atoms with Gasteiger partial charge < -0.3 is 25.4 Å². The third kappa shape index (κ3) is 10.2. The lowest BCUT2D eigenvalue weighted by atomic mass is 9.95. The van der Waals surface area contributed by atoms with Crippen molar-refractivity contribution in [3.63, 3.8) is 0 Å². The van der Waals surface area contributed by atoms with E-state index in [4.69, 9.17) is 4.74 Å². The van der Waals surface area contributed by atoms with Crippen LogP contribution in [0.2, 0.25) is 0 Å². The summed E-state index contributed by atoms with van der Waals surface area (Å²) in [5.41, 5.74) is 6.45. The van der Waals surface area contributed by atoms with Gasteiger partial charge in [0.1, 0.15) is 11.4 Å². The first-order chi connectivity index (χ1) is 26.2. The van der Waals surface area contributed by atoms with E-state index in [-0.39, 0.29) is 30.1 Å². The minimum absolute atomic E-state index is 0.240. The van der Waals surface area contributed by atoms with Crippen LogP contribution in [0.3, 0.4) is 0 Å². The van der Waals surface area contributed by atoms with Gasteiger partial charge in [-0.05, 0) is 110 Å². The molecule has 0 saturated heterocycles. The predicted octanol–water partition coefficient (Wildman–Crippen LogP) is 6.35. The topological polar surface area (TPSA) is 143 Å². The first-order valence-corrected chi connectivity index (χ1v) is 19.2. The monoisotopic (exact) mass is 750 g/mol. The quantitative estimate of drug-likeness (QED) is 0.0889. The fraction of sp³-hybridized carbons (Fsp3) is 0.357. The van der Waals surface area contributed by atoms with Crippen LogP contribution >= 0.6 is 11.3 Å². The summed E-state index contributed by atoms with van der Waals surface area (Å²) in [5, 5.41) is 9.50. The van der Waals surface area contributed by atoms with Crippen molar-refractivity contribution >= 4 is 51.7 Å². The van der Waals surface area contributed by atoms with Crippen molar-refractivity contribution in [2.24, 2.45) is 0 Å². The van der Waals surface area contributed by atoms with Crippen molar-refractivity contribution in [3.8, 4) is 0 Å². The fourth-order valence-corrected chi connectivity index (χ4v) is 7.99. The van der Waals surface area contributed by atoms with Gasteiger partial charge in [0.15, 0.2) is 0 Å². The van der Waals surface area contributed by atoms with Crippen LogP contribution in [0.5, 0.6) is 0 Å². The molecule has 0 atom stereocenters. The second kappa shape index (κ2) is 18.1. The van der Waals surface area contributed by atoms with Gasteiger partial charge in [0.25, 0.3) is 11.8 Å². The number of esters is 2. The summed E-state index contributed by atoms with van der Waals surface area (Å²) >= 11 is 1.49. The Hall–Kier alpha value is -5.33. The number of methoxy groups -OCH3 is 2. The second-order valence-electron chi connectivity index (χ2n) is 13.7. The van der Waals surface area contributed by atoms with Gasteiger partial charge in [0.2, 0.25) is 5.91 Å². The molecule has 3 N–H and O–H groups in total. The largest absolute Gasteiger partial charge is 0.469 e. The number of aryl methyl sites for hydroxylation is 3. The molecule has 1 heterocycles. The summed E-state index contributed by atoms with van der Waals surface area (Å²) in [7, 11) is 2.62. The van der Waals surface area contributed by atoms with Gasteiger partial charge in [-0.15, -0.1) is 11.3 Å². The smallest absolute Gasteiger partial charge is 0.337 e. The lowest BCUT2D eigenvalue weighted by Crippen LogP contribution is -2.36. The Morgan fingerprint density at radius 3 is 2.17 bits per heavy atom. The van der Waals surface area contributed by atoms with Crippen LogP contribution in [0.15, 0.2) is 72.8 Å². The van der Waals surface area contributed by atoms with Gasteiger partial charge in [0.05, 0.1) is 25.3 Å². The van der Waals surface area contributed by atoms with E-state index in [1.54, 1.807) is 18.2 Å². The van der Waals surface area contributed by atoms with Crippen LogP contribution < -0.4 is 16.0 Å². The number of hydrogen-bond donors (Lipinski definition) is 3. The minimum atomic E-state index is -0.571. The Bertz CT molecular complexity index is 1990. The number of carbonyl (C=O) groups is 5. The van der Waals surface area contributed by atoms with Crippen molar-refractivity contribution in [1.82, 2.24) is 10.2 Å². The molecule has 4 aromatic rings. The fourth-order valence-electron chi connectivity index (χ4n) is 6.71. The zero-order valence-electron chi connectivity index (χ0n) is 30.7. The molecule has 1 aromatic heterocycles. The van der Waals surface area contributed by atoms with Gasteiger partial charge in [0, 0.05) is 41.8 Å². The number of carbonyl (C=O) groups excluding carboxylic acids is 5. The van der Waals surface area contributed by atoms with Crippen LogP contribution in [-0.2, 0) is 51.3 Å². The van der Waals surface area contributed by atoms with E-state index in [0.717, 1.165) is 78.5 Å². The summed E-state index contributed by atoms with van der Waals surface area (Å²) in [6.07, 6.45) is 7.16. The van der Waals surface area contributed by atoms with E-state index in [9.17, 15) is 24.0 Å². The van der Waals surface area contributed by atoms with Crippen molar-refractivity contribution in [2.75, 3.05) is 37.9 Å². The molecule has 54 heavy (non-hydrogen) atoms. The molecule has 12 heteroatoms. The zero-order valence-corrected chi connectivity index (χ0v) is 31.5. The average molecular weight is 751 g/mol. The van der Waals surface area contributed by atoms with Crippen molar-refractivity contribution in [3.05, 3.63) is 117 Å². The molecule has 0 spiro atoms. The molecule has 0 radical (unpaired) electrons. The lowest BCUT2D eigenvalue weighted by molar-refractivity contribution is -0.143. The molecule has 3 aromatic carbocycles. The molecule has 6 rings (SSSR count). The zero-order chi connectivity index (χ0) is 38.0. The molecular weight excluding hydrogens is 705 g/mol. The Balaban J connectivity index is 1.08. The number of ether oxygens (including phenoxy) is 2. The molecule has 0 unspecified atom stereocenters. The molecule has 1 fully saturated rings. The number of benzene rings is 3. The highest BCUT2D eigenvalue weighted by molar-refractivity contribution is 7.17. The van der Waals surface area contributed by atoms with Gasteiger partial charge in [-0.25, -0.2) is 4.79 Å². The van der Waals surface area contributed by atoms with Gasteiger partial charge in [-0.2, -0.15) is 0 Å².